The molecule has 0 radical (unpaired) electrons. The summed E-state index contributed by atoms with van der Waals surface area (Å²) in [6.45, 7) is 4.83. The number of hydrogen-bond acceptors (Lipinski definition) is 4. The van der Waals surface area contributed by atoms with Gasteiger partial charge < -0.3 is 10.1 Å². The highest BCUT2D eigenvalue weighted by molar-refractivity contribution is 5.91. The average molecular weight is 301 g/mol. The number of hydrogen-bond donors (Lipinski definition) is 2. The van der Waals surface area contributed by atoms with Crippen LogP contribution in [-0.2, 0) is 17.9 Å². The summed E-state index contributed by atoms with van der Waals surface area (Å²) in [7, 11) is 0. The summed E-state index contributed by atoms with van der Waals surface area (Å²) in [6.07, 6.45) is 0.146. The molecule has 0 unspecified atom stereocenters. The lowest BCUT2D eigenvalue weighted by molar-refractivity contribution is 0.0651. The Kier molecular flexibility index (Phi) is 5.43. The summed E-state index contributed by atoms with van der Waals surface area (Å²) in [4.78, 5) is 22.9. The number of H-pyrrole nitrogens is 1. The number of aromatic nitrogens is 2. The van der Waals surface area contributed by atoms with E-state index in [4.69, 9.17) is 4.74 Å². The van der Waals surface area contributed by atoms with Gasteiger partial charge >= 0.3 is 0 Å². The van der Waals surface area contributed by atoms with Gasteiger partial charge in [-0.2, -0.15) is 5.10 Å². The van der Waals surface area contributed by atoms with E-state index in [0.29, 0.717) is 13.2 Å². The molecule has 1 aromatic heterocycles. The smallest absolute Gasteiger partial charge is 0.271 e. The molecule has 22 heavy (non-hydrogen) atoms. The Labute approximate surface area is 128 Å². The number of nitrogens with zero attached hydrogens (tertiary/aromatic N) is 1. The van der Waals surface area contributed by atoms with Gasteiger partial charge in [0.15, 0.2) is 0 Å². The molecule has 2 rings (SSSR count). The van der Waals surface area contributed by atoms with Crippen LogP contribution in [0.2, 0.25) is 0 Å². The van der Waals surface area contributed by atoms with Crippen molar-refractivity contribution >= 4 is 5.91 Å². The zero-order chi connectivity index (χ0) is 15.9. The molecule has 6 nitrogen and oxygen atoms in total. The number of benzene rings is 1. The highest BCUT2D eigenvalue weighted by Gasteiger charge is 2.09. The van der Waals surface area contributed by atoms with E-state index >= 15 is 0 Å². The molecule has 0 aliphatic rings. The molecule has 1 heterocycles. The van der Waals surface area contributed by atoms with E-state index in [-0.39, 0.29) is 23.3 Å². The van der Waals surface area contributed by atoms with Gasteiger partial charge in [-0.05, 0) is 31.0 Å². The highest BCUT2D eigenvalue weighted by atomic mass is 16.5. The van der Waals surface area contributed by atoms with Crippen LogP contribution in [0.25, 0.3) is 0 Å². The quantitative estimate of drug-likeness (QED) is 0.849. The van der Waals surface area contributed by atoms with E-state index in [1.807, 2.05) is 38.1 Å². The van der Waals surface area contributed by atoms with Crippen LogP contribution in [0.1, 0.15) is 35.5 Å². The topological polar surface area (TPSA) is 84.1 Å². The molecular weight excluding hydrogens is 282 g/mol. The zero-order valence-corrected chi connectivity index (χ0v) is 12.6. The number of nitrogens with one attached hydrogen (secondary N) is 2. The first-order valence-electron chi connectivity index (χ1n) is 7.08. The number of rotatable bonds is 6. The minimum absolute atomic E-state index is 0.146. The highest BCUT2D eigenvalue weighted by Crippen LogP contribution is 2.11. The Morgan fingerprint density at radius 2 is 1.95 bits per heavy atom. The Morgan fingerprint density at radius 1 is 1.23 bits per heavy atom. The van der Waals surface area contributed by atoms with Crippen molar-refractivity contribution in [2.75, 3.05) is 0 Å². The number of carbonyl (C=O) groups excluding carboxylic acids is 1. The first kappa shape index (κ1) is 15.9. The summed E-state index contributed by atoms with van der Waals surface area (Å²) in [5.74, 6) is -0.337. The van der Waals surface area contributed by atoms with E-state index in [0.717, 1.165) is 11.1 Å². The van der Waals surface area contributed by atoms with Crippen LogP contribution >= 0.6 is 0 Å². The van der Waals surface area contributed by atoms with Crippen molar-refractivity contribution in [2.24, 2.45) is 0 Å². The Hall–Kier alpha value is -2.47. The molecule has 1 amide bonds. The van der Waals surface area contributed by atoms with Gasteiger partial charge in [0, 0.05) is 12.6 Å². The summed E-state index contributed by atoms with van der Waals surface area (Å²) >= 11 is 0. The van der Waals surface area contributed by atoms with Gasteiger partial charge in [-0.25, -0.2) is 5.10 Å². The minimum Gasteiger partial charge on any atom is -0.374 e. The Bertz CT molecular complexity index is 675. The maximum atomic E-state index is 12.0. The number of carbonyl (C=O) groups is 1. The molecule has 0 atom stereocenters. The maximum Gasteiger partial charge on any atom is 0.271 e. The van der Waals surface area contributed by atoms with Crippen molar-refractivity contribution in [1.29, 1.82) is 0 Å². The van der Waals surface area contributed by atoms with Crippen LogP contribution in [-0.4, -0.2) is 22.2 Å². The Morgan fingerprint density at radius 3 is 2.59 bits per heavy atom. The van der Waals surface area contributed by atoms with Crippen LogP contribution in [0, 0.1) is 0 Å². The SMILES string of the molecule is CC(C)OCc1ccccc1CNC(=O)c1ccc(=O)[nH]n1. The zero-order valence-electron chi connectivity index (χ0n) is 12.6. The average Bonchev–Trinajstić information content (AvgIpc) is 2.52. The van der Waals surface area contributed by atoms with Crippen LogP contribution < -0.4 is 10.9 Å². The predicted octanol–water partition coefficient (Wildman–Crippen LogP) is 1.62. The summed E-state index contributed by atoms with van der Waals surface area (Å²) in [5.41, 5.74) is 1.86. The summed E-state index contributed by atoms with van der Waals surface area (Å²) < 4.78 is 5.61. The fourth-order valence-electron chi connectivity index (χ4n) is 1.86. The van der Waals surface area contributed by atoms with Crippen molar-refractivity contribution in [2.45, 2.75) is 33.1 Å². The third kappa shape index (κ3) is 4.53. The molecular formula is C16H19N3O3. The Balaban J connectivity index is 2.00. The molecule has 0 saturated heterocycles. The van der Waals surface area contributed by atoms with Gasteiger partial charge in [-0.15, -0.1) is 0 Å². The molecule has 116 valence electrons. The molecule has 2 N–H and O–H groups in total. The third-order valence-corrected chi connectivity index (χ3v) is 3.04. The minimum atomic E-state index is -0.340. The van der Waals surface area contributed by atoms with Gasteiger partial charge in [0.05, 0.1) is 12.7 Å². The van der Waals surface area contributed by atoms with Crippen molar-refractivity contribution in [3.8, 4) is 0 Å². The number of aromatic amines is 1. The largest absolute Gasteiger partial charge is 0.374 e. The monoisotopic (exact) mass is 301 g/mol. The lowest BCUT2D eigenvalue weighted by Gasteiger charge is -2.12. The number of amides is 1. The second-order valence-corrected chi connectivity index (χ2v) is 5.12. The van der Waals surface area contributed by atoms with Crippen molar-refractivity contribution in [1.82, 2.24) is 15.5 Å². The van der Waals surface area contributed by atoms with Crippen LogP contribution in [0.4, 0.5) is 0 Å². The van der Waals surface area contributed by atoms with Crippen molar-refractivity contribution in [3.05, 3.63) is 63.6 Å². The first-order chi connectivity index (χ1) is 10.6. The van der Waals surface area contributed by atoms with Gasteiger partial charge in [0.25, 0.3) is 11.5 Å². The fraction of sp³-hybridized carbons (Fsp3) is 0.312. The first-order valence-corrected chi connectivity index (χ1v) is 7.08. The van der Waals surface area contributed by atoms with E-state index in [2.05, 4.69) is 15.5 Å². The standard InChI is InChI=1S/C16H19N3O3/c1-11(2)22-10-13-6-4-3-5-12(13)9-17-16(21)14-7-8-15(20)19-18-14/h3-8,11H,9-10H2,1-2H3,(H,17,21)(H,19,20). The third-order valence-electron chi connectivity index (χ3n) is 3.04. The van der Waals surface area contributed by atoms with Gasteiger partial charge in [0.1, 0.15) is 5.69 Å². The van der Waals surface area contributed by atoms with Crippen molar-refractivity contribution in [3.63, 3.8) is 0 Å². The van der Waals surface area contributed by atoms with Gasteiger partial charge in [-0.1, -0.05) is 24.3 Å². The molecule has 6 heteroatoms. The lowest BCUT2D eigenvalue weighted by atomic mass is 10.1. The van der Waals surface area contributed by atoms with Crippen LogP contribution in [0.5, 0.6) is 0 Å². The second-order valence-electron chi connectivity index (χ2n) is 5.12. The molecule has 0 bridgehead atoms. The van der Waals surface area contributed by atoms with Crippen LogP contribution in [0.15, 0.2) is 41.2 Å². The lowest BCUT2D eigenvalue weighted by Crippen LogP contribution is -2.25. The molecule has 2 aromatic rings. The molecule has 0 fully saturated rings. The molecule has 0 aliphatic heterocycles. The normalized spacial score (nSPS) is 10.7. The fourth-order valence-corrected chi connectivity index (χ4v) is 1.86. The van der Waals surface area contributed by atoms with Gasteiger partial charge in [-0.3, -0.25) is 9.59 Å². The van der Waals surface area contributed by atoms with E-state index < -0.39 is 0 Å². The van der Waals surface area contributed by atoms with E-state index in [1.165, 1.54) is 12.1 Å². The molecule has 1 aromatic carbocycles. The molecule has 0 spiro atoms. The van der Waals surface area contributed by atoms with E-state index in [9.17, 15) is 9.59 Å². The maximum absolute atomic E-state index is 12.0. The van der Waals surface area contributed by atoms with E-state index in [1.54, 1.807) is 0 Å². The predicted molar refractivity (Wildman–Crippen MR) is 82.4 cm³/mol. The van der Waals surface area contributed by atoms with Crippen molar-refractivity contribution < 1.29 is 9.53 Å². The summed E-state index contributed by atoms with van der Waals surface area (Å²) in [5, 5.41) is 8.72. The summed E-state index contributed by atoms with van der Waals surface area (Å²) in [6, 6.07) is 10.4. The second kappa shape index (κ2) is 7.51. The van der Waals surface area contributed by atoms with Crippen LogP contribution in [0.3, 0.4) is 0 Å². The van der Waals surface area contributed by atoms with Gasteiger partial charge in [0.2, 0.25) is 0 Å². The number of ether oxygens (including phenoxy) is 1. The molecule has 0 aliphatic carbocycles. The molecule has 0 saturated carbocycles.